The first-order valence-electron chi connectivity index (χ1n) is 8.53. The molecule has 0 bridgehead atoms. The van der Waals surface area contributed by atoms with Gasteiger partial charge in [0.15, 0.2) is 0 Å². The van der Waals surface area contributed by atoms with Crippen LogP contribution in [0.2, 0.25) is 0 Å². The highest BCUT2D eigenvalue weighted by Crippen LogP contribution is 2.37. The molecular weight excluding hydrogens is 324 g/mol. The third kappa shape index (κ3) is 2.96. The average Bonchev–Trinajstić information content (AvgIpc) is 3.23. The zero-order valence-corrected chi connectivity index (χ0v) is 15.1. The van der Waals surface area contributed by atoms with E-state index in [-0.39, 0.29) is 5.91 Å². The number of fused-ring (bicyclic) bond motifs is 1. The molecule has 2 fully saturated rings. The van der Waals surface area contributed by atoms with Crippen molar-refractivity contribution in [2.24, 2.45) is 11.8 Å². The lowest BCUT2D eigenvalue weighted by Gasteiger charge is -2.41. The van der Waals surface area contributed by atoms with Gasteiger partial charge in [-0.2, -0.15) is 0 Å². The van der Waals surface area contributed by atoms with Gasteiger partial charge in [0.1, 0.15) is 9.88 Å². The van der Waals surface area contributed by atoms with Gasteiger partial charge in [0.05, 0.1) is 10.6 Å². The Kier molecular flexibility index (Phi) is 4.24. The Morgan fingerprint density at radius 3 is 2.87 bits per heavy atom. The van der Waals surface area contributed by atoms with Gasteiger partial charge < -0.3 is 4.90 Å². The lowest BCUT2D eigenvalue weighted by atomic mass is 9.75. The maximum atomic E-state index is 13.0. The lowest BCUT2D eigenvalue weighted by Crippen LogP contribution is -2.44. The molecule has 1 aliphatic heterocycles. The minimum atomic E-state index is 0.201. The third-order valence-corrected chi connectivity index (χ3v) is 7.49. The fraction of sp³-hybridized carbons (Fsp3) is 0.556. The number of aromatic nitrogens is 1. The van der Waals surface area contributed by atoms with E-state index in [1.54, 1.807) is 22.7 Å². The average molecular weight is 347 g/mol. The Labute approximate surface area is 145 Å². The molecule has 2 aliphatic rings. The molecule has 2 aromatic heterocycles. The second-order valence-corrected chi connectivity index (χ2v) is 8.70. The van der Waals surface area contributed by atoms with Crippen molar-refractivity contribution >= 4 is 28.6 Å². The lowest BCUT2D eigenvalue weighted by molar-refractivity contribution is 0.0524. The van der Waals surface area contributed by atoms with E-state index >= 15 is 0 Å². The number of aryl methyl sites for hydroxylation is 1. The fourth-order valence-electron chi connectivity index (χ4n) is 4.03. The number of likely N-dealkylation sites (tertiary alicyclic amines) is 1. The summed E-state index contributed by atoms with van der Waals surface area (Å²) in [7, 11) is 0. The minimum Gasteiger partial charge on any atom is -0.338 e. The van der Waals surface area contributed by atoms with Crippen molar-refractivity contribution in [2.45, 2.75) is 39.0 Å². The van der Waals surface area contributed by atoms with Gasteiger partial charge in [-0.3, -0.25) is 4.79 Å². The second kappa shape index (κ2) is 6.36. The summed E-state index contributed by atoms with van der Waals surface area (Å²) in [5.41, 5.74) is 0.883. The zero-order chi connectivity index (χ0) is 15.8. The van der Waals surface area contributed by atoms with Crippen LogP contribution in [0.5, 0.6) is 0 Å². The van der Waals surface area contributed by atoms with Crippen LogP contribution in [0.1, 0.15) is 47.5 Å². The Morgan fingerprint density at radius 2 is 2.09 bits per heavy atom. The Hall–Kier alpha value is -1.20. The zero-order valence-electron chi connectivity index (χ0n) is 13.5. The predicted molar refractivity (Wildman–Crippen MR) is 96.1 cm³/mol. The molecule has 3 nitrogen and oxygen atoms in total. The molecule has 3 heterocycles. The van der Waals surface area contributed by atoms with Gasteiger partial charge in [-0.25, -0.2) is 4.98 Å². The highest BCUT2D eigenvalue weighted by molar-refractivity contribution is 7.22. The fourth-order valence-corrected chi connectivity index (χ4v) is 5.86. The molecule has 1 saturated heterocycles. The summed E-state index contributed by atoms with van der Waals surface area (Å²) in [5.74, 6) is 1.79. The predicted octanol–water partition coefficient (Wildman–Crippen LogP) is 4.83. The van der Waals surface area contributed by atoms with Crippen LogP contribution in [0.3, 0.4) is 0 Å². The van der Waals surface area contributed by atoms with Crippen LogP contribution < -0.4 is 0 Å². The summed E-state index contributed by atoms with van der Waals surface area (Å²) in [5, 5.41) is 3.04. The van der Waals surface area contributed by atoms with E-state index in [0.717, 1.165) is 45.4 Å². The first-order chi connectivity index (χ1) is 11.2. The summed E-state index contributed by atoms with van der Waals surface area (Å²) in [6.07, 6.45) is 6.58. The van der Waals surface area contributed by atoms with Crippen molar-refractivity contribution in [2.75, 3.05) is 13.1 Å². The van der Waals surface area contributed by atoms with Crippen LogP contribution in [0.15, 0.2) is 17.5 Å². The maximum absolute atomic E-state index is 13.0. The molecule has 4 rings (SSSR count). The van der Waals surface area contributed by atoms with Crippen LogP contribution in [0, 0.1) is 18.8 Å². The van der Waals surface area contributed by atoms with E-state index in [1.807, 2.05) is 13.0 Å². The van der Waals surface area contributed by atoms with E-state index in [2.05, 4.69) is 21.3 Å². The number of hydrogen-bond donors (Lipinski definition) is 0. The van der Waals surface area contributed by atoms with E-state index < -0.39 is 0 Å². The Bertz CT molecular complexity index is 692. The first kappa shape index (κ1) is 15.3. The molecular formula is C18H22N2OS2. The van der Waals surface area contributed by atoms with E-state index in [9.17, 15) is 4.79 Å². The van der Waals surface area contributed by atoms with Gasteiger partial charge in [0, 0.05) is 13.1 Å². The molecule has 1 saturated carbocycles. The van der Waals surface area contributed by atoms with Crippen molar-refractivity contribution in [3.8, 4) is 9.88 Å². The summed E-state index contributed by atoms with van der Waals surface area (Å²) in [6.45, 7) is 3.84. The molecule has 1 amide bonds. The van der Waals surface area contributed by atoms with Crippen molar-refractivity contribution < 1.29 is 4.79 Å². The normalized spacial score (nSPS) is 24.5. The number of amides is 1. The molecule has 0 aromatic carbocycles. The molecule has 2 aromatic rings. The number of hydrogen-bond acceptors (Lipinski definition) is 4. The van der Waals surface area contributed by atoms with Crippen molar-refractivity contribution in [1.29, 1.82) is 0 Å². The monoisotopic (exact) mass is 346 g/mol. The summed E-state index contributed by atoms with van der Waals surface area (Å²) in [4.78, 5) is 21.7. The quantitative estimate of drug-likeness (QED) is 0.780. The van der Waals surface area contributed by atoms with Gasteiger partial charge in [0.2, 0.25) is 0 Å². The van der Waals surface area contributed by atoms with E-state index in [1.165, 1.54) is 32.1 Å². The maximum Gasteiger partial charge on any atom is 0.265 e. The molecule has 5 heteroatoms. The molecule has 0 unspecified atom stereocenters. The number of piperidine rings is 1. The molecule has 23 heavy (non-hydrogen) atoms. The van der Waals surface area contributed by atoms with Gasteiger partial charge in [-0.15, -0.1) is 22.7 Å². The number of nitrogens with zero attached hydrogens (tertiary/aromatic N) is 2. The third-order valence-electron chi connectivity index (χ3n) is 5.30. The minimum absolute atomic E-state index is 0.201. The SMILES string of the molecule is Cc1nc(-c2cccs2)sc1C(=O)N1CC[C@@H]2CCCC[C@@H]2C1. The van der Waals surface area contributed by atoms with Crippen LogP contribution >= 0.6 is 22.7 Å². The largest absolute Gasteiger partial charge is 0.338 e. The number of carbonyl (C=O) groups excluding carboxylic acids is 1. The highest BCUT2D eigenvalue weighted by atomic mass is 32.1. The van der Waals surface area contributed by atoms with Crippen LogP contribution in [-0.2, 0) is 0 Å². The molecule has 0 radical (unpaired) electrons. The number of thiophene rings is 1. The molecule has 1 aliphatic carbocycles. The van der Waals surface area contributed by atoms with Crippen LogP contribution in [-0.4, -0.2) is 28.9 Å². The van der Waals surface area contributed by atoms with Gasteiger partial charge in [-0.05, 0) is 43.0 Å². The standard InChI is InChI=1S/C18H22N2OS2/c1-12-16(23-17(19-12)15-7-4-10-22-15)18(21)20-9-8-13-5-2-3-6-14(13)11-20/h4,7,10,13-14H,2-3,5-6,8-9,11H2,1H3/t13-,14+/m0/s1. The summed E-state index contributed by atoms with van der Waals surface area (Å²) < 4.78 is 0. The van der Waals surface area contributed by atoms with Crippen LogP contribution in [0.4, 0.5) is 0 Å². The van der Waals surface area contributed by atoms with Gasteiger partial charge in [0.25, 0.3) is 5.91 Å². The van der Waals surface area contributed by atoms with Crippen LogP contribution in [0.25, 0.3) is 9.88 Å². The summed E-state index contributed by atoms with van der Waals surface area (Å²) in [6, 6.07) is 4.11. The van der Waals surface area contributed by atoms with E-state index in [0.29, 0.717) is 0 Å². The number of thiazole rings is 1. The Balaban J connectivity index is 1.53. The smallest absolute Gasteiger partial charge is 0.265 e. The molecule has 0 N–H and O–H groups in total. The van der Waals surface area contributed by atoms with Crippen molar-refractivity contribution in [1.82, 2.24) is 9.88 Å². The van der Waals surface area contributed by atoms with Gasteiger partial charge >= 0.3 is 0 Å². The number of rotatable bonds is 2. The van der Waals surface area contributed by atoms with E-state index in [4.69, 9.17) is 0 Å². The molecule has 0 spiro atoms. The van der Waals surface area contributed by atoms with Gasteiger partial charge in [-0.1, -0.05) is 25.3 Å². The van der Waals surface area contributed by atoms with Crippen molar-refractivity contribution in [3.63, 3.8) is 0 Å². The topological polar surface area (TPSA) is 33.2 Å². The second-order valence-electron chi connectivity index (χ2n) is 6.76. The number of carbonyl (C=O) groups is 1. The summed E-state index contributed by atoms with van der Waals surface area (Å²) >= 11 is 3.24. The molecule has 2 atom stereocenters. The van der Waals surface area contributed by atoms with Crippen molar-refractivity contribution in [3.05, 3.63) is 28.1 Å². The molecule has 122 valence electrons. The first-order valence-corrected chi connectivity index (χ1v) is 10.2. The Morgan fingerprint density at radius 1 is 1.26 bits per heavy atom. The highest BCUT2D eigenvalue weighted by Gasteiger charge is 2.34.